The summed E-state index contributed by atoms with van der Waals surface area (Å²) in [6.07, 6.45) is 11.3. The Kier molecular flexibility index (Phi) is 4.83. The smallest absolute Gasteiger partial charge is 0.272 e. The highest BCUT2D eigenvalue weighted by Gasteiger charge is 2.37. The highest BCUT2D eigenvalue weighted by Crippen LogP contribution is 2.32. The molecule has 1 aromatic heterocycles. The standard InChI is InChI=1S/C20H29N3O/c24-20(19-8-4-5-11-21-19)23-14-17-9-10-18(15-23)22(13-17)12-16-6-2-1-3-7-16/h4-5,8,11,16-18H,1-3,6-7,9-10,12-15H2/t17-,18-/m1/s1. The monoisotopic (exact) mass is 327 g/mol. The van der Waals surface area contributed by atoms with Crippen LogP contribution in [0.4, 0.5) is 0 Å². The van der Waals surface area contributed by atoms with Gasteiger partial charge in [-0.2, -0.15) is 0 Å². The van der Waals surface area contributed by atoms with Gasteiger partial charge in [0.25, 0.3) is 5.91 Å². The molecule has 4 heterocycles. The van der Waals surface area contributed by atoms with Crippen molar-refractivity contribution in [3.05, 3.63) is 30.1 Å². The molecular formula is C20H29N3O. The van der Waals surface area contributed by atoms with Gasteiger partial charge in [0.2, 0.25) is 0 Å². The Labute approximate surface area is 145 Å². The fourth-order valence-corrected chi connectivity index (χ4v) is 4.92. The molecule has 4 heteroatoms. The Hall–Kier alpha value is -1.42. The molecule has 1 aromatic rings. The van der Waals surface area contributed by atoms with E-state index in [1.165, 1.54) is 58.0 Å². The summed E-state index contributed by atoms with van der Waals surface area (Å²) in [5.74, 6) is 1.64. The SMILES string of the molecule is O=C(c1ccccn1)N1C[C@@H]2CC[C@H](C1)N(CC1CCCCC1)C2. The summed E-state index contributed by atoms with van der Waals surface area (Å²) in [5, 5.41) is 0. The maximum absolute atomic E-state index is 12.8. The minimum absolute atomic E-state index is 0.118. The normalized spacial score (nSPS) is 28.8. The molecule has 0 aromatic carbocycles. The van der Waals surface area contributed by atoms with Crippen LogP contribution in [0.1, 0.15) is 55.4 Å². The lowest BCUT2D eigenvalue weighted by molar-refractivity contribution is 0.0722. The molecule has 1 amide bonds. The van der Waals surface area contributed by atoms with Gasteiger partial charge in [-0.05, 0) is 49.7 Å². The number of hydrogen-bond acceptors (Lipinski definition) is 3. The van der Waals surface area contributed by atoms with Crippen molar-refractivity contribution < 1.29 is 4.79 Å². The summed E-state index contributed by atoms with van der Waals surface area (Å²) >= 11 is 0. The maximum Gasteiger partial charge on any atom is 0.272 e. The average molecular weight is 327 g/mol. The van der Waals surface area contributed by atoms with E-state index in [4.69, 9.17) is 0 Å². The lowest BCUT2D eigenvalue weighted by atomic mass is 9.87. The summed E-state index contributed by atoms with van der Waals surface area (Å²) in [7, 11) is 0. The largest absolute Gasteiger partial charge is 0.335 e. The second-order valence-electron chi connectivity index (χ2n) is 7.98. The van der Waals surface area contributed by atoms with Gasteiger partial charge in [-0.3, -0.25) is 14.7 Å². The van der Waals surface area contributed by atoms with Crippen LogP contribution < -0.4 is 0 Å². The number of rotatable bonds is 3. The van der Waals surface area contributed by atoms with Gasteiger partial charge in [0, 0.05) is 38.4 Å². The minimum Gasteiger partial charge on any atom is -0.335 e. The topological polar surface area (TPSA) is 36.4 Å². The Balaban J connectivity index is 1.43. The Morgan fingerprint density at radius 3 is 2.71 bits per heavy atom. The molecule has 24 heavy (non-hydrogen) atoms. The van der Waals surface area contributed by atoms with Crippen molar-refractivity contribution >= 4 is 5.91 Å². The van der Waals surface area contributed by atoms with Crippen LogP contribution in [-0.2, 0) is 0 Å². The van der Waals surface area contributed by atoms with Crippen LogP contribution in [0.25, 0.3) is 0 Å². The molecule has 1 saturated carbocycles. The van der Waals surface area contributed by atoms with E-state index in [0.29, 0.717) is 17.7 Å². The van der Waals surface area contributed by atoms with Gasteiger partial charge in [-0.15, -0.1) is 0 Å². The van der Waals surface area contributed by atoms with Gasteiger partial charge in [-0.1, -0.05) is 25.3 Å². The summed E-state index contributed by atoms with van der Waals surface area (Å²) in [5.41, 5.74) is 0.595. The molecule has 5 rings (SSSR count). The van der Waals surface area contributed by atoms with E-state index in [-0.39, 0.29) is 5.91 Å². The molecule has 130 valence electrons. The van der Waals surface area contributed by atoms with Gasteiger partial charge in [0.1, 0.15) is 5.69 Å². The van der Waals surface area contributed by atoms with Crippen LogP contribution in [0.5, 0.6) is 0 Å². The van der Waals surface area contributed by atoms with E-state index in [2.05, 4.69) is 14.8 Å². The van der Waals surface area contributed by atoms with Gasteiger partial charge in [-0.25, -0.2) is 0 Å². The zero-order valence-corrected chi connectivity index (χ0v) is 14.6. The quantitative estimate of drug-likeness (QED) is 0.855. The summed E-state index contributed by atoms with van der Waals surface area (Å²) in [6.45, 7) is 4.24. The molecule has 0 N–H and O–H groups in total. The molecule has 3 aliphatic heterocycles. The second kappa shape index (κ2) is 7.22. The van der Waals surface area contributed by atoms with Crippen LogP contribution in [0.15, 0.2) is 24.4 Å². The van der Waals surface area contributed by atoms with Crippen LogP contribution in [0, 0.1) is 11.8 Å². The Morgan fingerprint density at radius 1 is 1.04 bits per heavy atom. The highest BCUT2D eigenvalue weighted by atomic mass is 16.2. The number of pyridine rings is 1. The third-order valence-corrected chi connectivity index (χ3v) is 6.22. The Bertz CT molecular complexity index is 555. The van der Waals surface area contributed by atoms with E-state index in [9.17, 15) is 4.79 Å². The predicted molar refractivity (Wildman–Crippen MR) is 94.8 cm³/mol. The van der Waals surface area contributed by atoms with Crippen molar-refractivity contribution in [2.75, 3.05) is 26.2 Å². The highest BCUT2D eigenvalue weighted by molar-refractivity contribution is 5.92. The molecule has 4 nitrogen and oxygen atoms in total. The lowest BCUT2D eigenvalue weighted by Crippen LogP contribution is -2.46. The van der Waals surface area contributed by atoms with Crippen molar-refractivity contribution in [3.8, 4) is 0 Å². The van der Waals surface area contributed by atoms with E-state index in [0.717, 1.165) is 19.0 Å². The first kappa shape index (κ1) is 16.1. The van der Waals surface area contributed by atoms with Crippen molar-refractivity contribution in [3.63, 3.8) is 0 Å². The molecule has 2 atom stereocenters. The fourth-order valence-electron chi connectivity index (χ4n) is 4.92. The summed E-state index contributed by atoms with van der Waals surface area (Å²) in [4.78, 5) is 21.9. The number of amides is 1. The summed E-state index contributed by atoms with van der Waals surface area (Å²) < 4.78 is 0. The number of carbonyl (C=O) groups excluding carboxylic acids is 1. The molecule has 3 saturated heterocycles. The first-order valence-electron chi connectivity index (χ1n) is 9.74. The van der Waals surface area contributed by atoms with Crippen molar-refractivity contribution in [2.45, 2.75) is 51.0 Å². The van der Waals surface area contributed by atoms with E-state index >= 15 is 0 Å². The van der Waals surface area contributed by atoms with Gasteiger partial charge < -0.3 is 4.90 Å². The average Bonchev–Trinajstić information content (AvgIpc) is 2.94. The predicted octanol–water partition coefficient (Wildman–Crippen LogP) is 3.20. The zero-order valence-electron chi connectivity index (χ0n) is 14.6. The third-order valence-electron chi connectivity index (χ3n) is 6.22. The van der Waals surface area contributed by atoms with Crippen molar-refractivity contribution in [2.24, 2.45) is 11.8 Å². The van der Waals surface area contributed by atoms with Crippen LogP contribution in [0.3, 0.4) is 0 Å². The molecule has 2 bridgehead atoms. The van der Waals surface area contributed by atoms with E-state index in [1.54, 1.807) is 6.20 Å². The van der Waals surface area contributed by atoms with Crippen LogP contribution in [-0.4, -0.2) is 52.9 Å². The molecule has 1 aliphatic carbocycles. The van der Waals surface area contributed by atoms with Gasteiger partial charge in [0.05, 0.1) is 0 Å². The van der Waals surface area contributed by atoms with Gasteiger partial charge in [0.15, 0.2) is 0 Å². The first-order valence-corrected chi connectivity index (χ1v) is 9.74. The number of hydrogen-bond donors (Lipinski definition) is 0. The van der Waals surface area contributed by atoms with Crippen LogP contribution >= 0.6 is 0 Å². The maximum atomic E-state index is 12.8. The number of piperidine rings is 1. The molecule has 0 unspecified atom stereocenters. The minimum atomic E-state index is 0.118. The molecular weight excluding hydrogens is 298 g/mol. The van der Waals surface area contributed by atoms with Crippen molar-refractivity contribution in [1.82, 2.24) is 14.8 Å². The molecule has 4 aliphatic rings. The number of nitrogens with zero attached hydrogens (tertiary/aromatic N) is 3. The number of fused-ring (bicyclic) bond motifs is 4. The zero-order chi connectivity index (χ0) is 16.4. The number of aromatic nitrogens is 1. The van der Waals surface area contributed by atoms with Crippen LogP contribution in [0.2, 0.25) is 0 Å². The van der Waals surface area contributed by atoms with E-state index < -0.39 is 0 Å². The number of carbonyl (C=O) groups is 1. The molecule has 0 radical (unpaired) electrons. The van der Waals surface area contributed by atoms with Crippen molar-refractivity contribution in [1.29, 1.82) is 0 Å². The third kappa shape index (κ3) is 3.49. The van der Waals surface area contributed by atoms with E-state index in [1.807, 2.05) is 18.2 Å². The Morgan fingerprint density at radius 2 is 1.92 bits per heavy atom. The van der Waals surface area contributed by atoms with Gasteiger partial charge >= 0.3 is 0 Å². The fraction of sp³-hybridized carbons (Fsp3) is 0.700. The lowest BCUT2D eigenvalue weighted by Gasteiger charge is -2.39. The second-order valence-corrected chi connectivity index (χ2v) is 7.98. The summed E-state index contributed by atoms with van der Waals surface area (Å²) in [6, 6.07) is 6.17. The molecule has 0 spiro atoms. The first-order chi connectivity index (χ1) is 11.8. The molecule has 4 fully saturated rings.